The predicted molar refractivity (Wildman–Crippen MR) is 168 cm³/mol. The van der Waals surface area contributed by atoms with Gasteiger partial charge in [0.2, 0.25) is 0 Å². The SMILES string of the molecule is CSCCCOc1cc(C)c(-c2cc(COc3ccc4c(c3)OC[C@H]4CC(=O)O)ccc2Oc2ccccc2)c(C)c1. The summed E-state index contributed by atoms with van der Waals surface area (Å²) in [7, 11) is 0. The van der Waals surface area contributed by atoms with E-state index in [0.717, 1.165) is 62.8 Å². The number of hydrogen-bond acceptors (Lipinski definition) is 6. The summed E-state index contributed by atoms with van der Waals surface area (Å²) in [6.07, 6.45) is 3.17. The van der Waals surface area contributed by atoms with Gasteiger partial charge in [-0.2, -0.15) is 11.8 Å². The molecule has 5 rings (SSSR count). The molecular formula is C35H36O6S. The second-order valence-corrected chi connectivity index (χ2v) is 11.5. The Hall–Kier alpha value is -4.10. The number of rotatable bonds is 13. The molecule has 7 heteroatoms. The number of thioether (sulfide) groups is 1. The van der Waals surface area contributed by atoms with Gasteiger partial charge in [-0.05, 0) is 97.0 Å². The summed E-state index contributed by atoms with van der Waals surface area (Å²) in [5.74, 6) is 3.89. The molecule has 0 radical (unpaired) electrons. The van der Waals surface area contributed by atoms with E-state index in [-0.39, 0.29) is 12.3 Å². The first-order valence-electron chi connectivity index (χ1n) is 14.1. The molecule has 0 saturated heterocycles. The molecule has 1 aliphatic rings. The van der Waals surface area contributed by atoms with Crippen LogP contribution in [0.5, 0.6) is 28.7 Å². The highest BCUT2D eigenvalue weighted by Gasteiger charge is 2.26. The average Bonchev–Trinajstić information content (AvgIpc) is 3.36. The molecule has 0 saturated carbocycles. The van der Waals surface area contributed by atoms with E-state index in [1.54, 1.807) is 0 Å². The minimum Gasteiger partial charge on any atom is -0.494 e. The van der Waals surface area contributed by atoms with Gasteiger partial charge in [-0.3, -0.25) is 4.79 Å². The quantitative estimate of drug-likeness (QED) is 0.158. The van der Waals surface area contributed by atoms with Crippen LogP contribution in [0.25, 0.3) is 11.1 Å². The third-order valence-electron chi connectivity index (χ3n) is 7.24. The number of aliphatic carboxylic acids is 1. The number of carboxylic acids is 1. The Labute approximate surface area is 251 Å². The first-order chi connectivity index (χ1) is 20.4. The largest absolute Gasteiger partial charge is 0.494 e. The van der Waals surface area contributed by atoms with Crippen LogP contribution < -0.4 is 18.9 Å². The molecule has 0 fully saturated rings. The van der Waals surface area contributed by atoms with Crippen LogP contribution in [0.3, 0.4) is 0 Å². The fourth-order valence-corrected chi connectivity index (χ4v) is 5.69. The van der Waals surface area contributed by atoms with Crippen molar-refractivity contribution in [1.29, 1.82) is 0 Å². The van der Waals surface area contributed by atoms with E-state index in [0.29, 0.717) is 31.3 Å². The van der Waals surface area contributed by atoms with Gasteiger partial charge in [0.05, 0.1) is 19.6 Å². The number of carbonyl (C=O) groups is 1. The van der Waals surface area contributed by atoms with Crippen molar-refractivity contribution in [2.75, 3.05) is 25.2 Å². The normalized spacial score (nSPS) is 13.7. The lowest BCUT2D eigenvalue weighted by Gasteiger charge is -2.18. The Morgan fingerprint density at radius 1 is 0.929 bits per heavy atom. The van der Waals surface area contributed by atoms with Crippen LogP contribution in [0.15, 0.2) is 78.9 Å². The molecular weight excluding hydrogens is 548 g/mol. The summed E-state index contributed by atoms with van der Waals surface area (Å²) < 4.78 is 24.3. The molecule has 1 atom stereocenters. The van der Waals surface area contributed by atoms with Crippen molar-refractivity contribution in [3.05, 3.63) is 101 Å². The lowest BCUT2D eigenvalue weighted by molar-refractivity contribution is -0.137. The molecule has 0 amide bonds. The second kappa shape index (κ2) is 13.7. The summed E-state index contributed by atoms with van der Waals surface area (Å²) in [4.78, 5) is 11.2. The van der Waals surface area contributed by atoms with E-state index in [1.165, 1.54) is 0 Å². The van der Waals surface area contributed by atoms with Gasteiger partial charge in [-0.25, -0.2) is 0 Å². The predicted octanol–water partition coefficient (Wildman–Crippen LogP) is 8.42. The monoisotopic (exact) mass is 584 g/mol. The first kappa shape index (κ1) is 29.4. The molecule has 1 N–H and O–H groups in total. The van der Waals surface area contributed by atoms with Crippen LogP contribution in [0.4, 0.5) is 0 Å². The highest BCUT2D eigenvalue weighted by Crippen LogP contribution is 2.41. The number of fused-ring (bicyclic) bond motifs is 1. The fraction of sp³-hybridized carbons (Fsp3) is 0.286. The van der Waals surface area contributed by atoms with Crippen LogP contribution in [-0.4, -0.2) is 36.3 Å². The molecule has 4 aromatic rings. The molecule has 6 nitrogen and oxygen atoms in total. The molecule has 0 unspecified atom stereocenters. The number of hydrogen-bond donors (Lipinski definition) is 1. The molecule has 1 aliphatic heterocycles. The Morgan fingerprint density at radius 3 is 2.45 bits per heavy atom. The third kappa shape index (κ3) is 7.21. The molecule has 0 spiro atoms. The Bertz CT molecular complexity index is 1510. The van der Waals surface area contributed by atoms with E-state index in [2.05, 4.69) is 38.3 Å². The van der Waals surface area contributed by atoms with E-state index in [4.69, 9.17) is 18.9 Å². The van der Waals surface area contributed by atoms with Gasteiger partial charge in [0.1, 0.15) is 35.4 Å². The summed E-state index contributed by atoms with van der Waals surface area (Å²) in [6.45, 7) is 5.63. The maximum absolute atomic E-state index is 11.2. The van der Waals surface area contributed by atoms with Crippen LogP contribution >= 0.6 is 11.8 Å². The summed E-state index contributed by atoms with van der Waals surface area (Å²) in [5.41, 5.74) is 6.21. The maximum Gasteiger partial charge on any atom is 0.304 e. The zero-order valence-electron chi connectivity index (χ0n) is 24.2. The Kier molecular flexibility index (Phi) is 9.59. The highest BCUT2D eigenvalue weighted by atomic mass is 32.2. The maximum atomic E-state index is 11.2. The van der Waals surface area contributed by atoms with Crippen molar-refractivity contribution >= 4 is 17.7 Å². The molecule has 42 heavy (non-hydrogen) atoms. The van der Waals surface area contributed by atoms with Crippen molar-refractivity contribution in [2.45, 2.75) is 39.2 Å². The van der Waals surface area contributed by atoms with Crippen molar-refractivity contribution in [3.8, 4) is 39.9 Å². The number of carboxylic acid groups (broad SMARTS) is 1. The van der Waals surface area contributed by atoms with Crippen molar-refractivity contribution < 1.29 is 28.8 Å². The van der Waals surface area contributed by atoms with Crippen LogP contribution in [-0.2, 0) is 11.4 Å². The van der Waals surface area contributed by atoms with E-state index in [1.807, 2.05) is 72.4 Å². The minimum atomic E-state index is -0.828. The molecule has 4 aromatic carbocycles. The standard InChI is InChI=1S/C35H36O6S/c1-23-16-29(38-14-7-15-42-3)17-24(2)35(23)31-18-25(10-13-32(31)41-27-8-5-4-6-9-27)21-39-28-11-12-30-26(19-34(36)37)22-40-33(30)20-28/h4-6,8-13,16-18,20,26H,7,14-15,19,21-22H2,1-3H3,(H,36,37)/t26-/m1/s1. The molecule has 0 aliphatic carbocycles. The van der Waals surface area contributed by atoms with Gasteiger partial charge >= 0.3 is 5.97 Å². The Balaban J connectivity index is 1.40. The van der Waals surface area contributed by atoms with Crippen molar-refractivity contribution in [2.24, 2.45) is 0 Å². The zero-order chi connectivity index (χ0) is 29.5. The topological polar surface area (TPSA) is 74.2 Å². The lowest BCUT2D eigenvalue weighted by atomic mass is 9.93. The number of aryl methyl sites for hydroxylation is 2. The zero-order valence-corrected chi connectivity index (χ0v) is 25.0. The molecule has 0 aromatic heterocycles. The van der Waals surface area contributed by atoms with E-state index < -0.39 is 5.97 Å². The van der Waals surface area contributed by atoms with Crippen molar-refractivity contribution in [1.82, 2.24) is 0 Å². The smallest absolute Gasteiger partial charge is 0.304 e. The van der Waals surface area contributed by atoms with Crippen LogP contribution in [0.1, 0.15) is 41.0 Å². The third-order valence-corrected chi connectivity index (χ3v) is 7.94. The van der Waals surface area contributed by atoms with Gasteiger partial charge in [0.15, 0.2) is 0 Å². The van der Waals surface area contributed by atoms with Gasteiger partial charge in [-0.15, -0.1) is 0 Å². The van der Waals surface area contributed by atoms with E-state index >= 15 is 0 Å². The minimum absolute atomic E-state index is 0.0529. The molecule has 218 valence electrons. The first-order valence-corrected chi connectivity index (χ1v) is 15.5. The fourth-order valence-electron chi connectivity index (χ4n) is 5.29. The summed E-state index contributed by atoms with van der Waals surface area (Å²) in [5, 5.41) is 9.18. The number of para-hydroxylation sites is 1. The number of benzene rings is 4. The molecule has 1 heterocycles. The lowest BCUT2D eigenvalue weighted by Crippen LogP contribution is -2.07. The van der Waals surface area contributed by atoms with Gasteiger partial charge in [-0.1, -0.05) is 30.3 Å². The van der Waals surface area contributed by atoms with Crippen LogP contribution in [0, 0.1) is 13.8 Å². The molecule has 0 bridgehead atoms. The summed E-state index contributed by atoms with van der Waals surface area (Å²) in [6, 6.07) is 25.7. The number of ether oxygens (including phenoxy) is 4. The van der Waals surface area contributed by atoms with Gasteiger partial charge < -0.3 is 24.1 Å². The van der Waals surface area contributed by atoms with Crippen molar-refractivity contribution in [3.63, 3.8) is 0 Å². The van der Waals surface area contributed by atoms with Gasteiger partial charge in [0.25, 0.3) is 0 Å². The highest BCUT2D eigenvalue weighted by molar-refractivity contribution is 7.98. The summed E-state index contributed by atoms with van der Waals surface area (Å²) >= 11 is 1.83. The Morgan fingerprint density at radius 2 is 1.71 bits per heavy atom. The van der Waals surface area contributed by atoms with Gasteiger partial charge in [0, 0.05) is 23.1 Å². The van der Waals surface area contributed by atoms with Crippen LogP contribution in [0.2, 0.25) is 0 Å². The second-order valence-electron chi connectivity index (χ2n) is 10.5. The average molecular weight is 585 g/mol. The van der Waals surface area contributed by atoms with E-state index in [9.17, 15) is 9.90 Å².